The van der Waals surface area contributed by atoms with Gasteiger partial charge in [0.1, 0.15) is 17.2 Å². The number of amides is 1. The highest BCUT2D eigenvalue weighted by Crippen LogP contribution is 2.15. The maximum Gasteiger partial charge on any atom is 0.407 e. The van der Waals surface area contributed by atoms with Crippen molar-refractivity contribution in [3.05, 3.63) is 11.6 Å². The minimum Gasteiger partial charge on any atom is -0.444 e. The first-order valence-corrected chi connectivity index (χ1v) is 12.2. The number of carbonyl (C=O) groups excluding carboxylic acids is 1. The Hall–Kier alpha value is -2.32. The fraction of sp³-hybridized carbons (Fsp3) is 0.826. The first-order valence-electron chi connectivity index (χ1n) is 12.2. The molecule has 1 aromatic heterocycles. The van der Waals surface area contributed by atoms with Gasteiger partial charge in [0.15, 0.2) is 5.96 Å². The number of unbranched alkanes of at least 4 members (excludes halogenated alkanes) is 1. The van der Waals surface area contributed by atoms with E-state index in [1.165, 1.54) is 19.3 Å². The Morgan fingerprint density at radius 2 is 2.00 bits per heavy atom. The number of carbonyl (C=O) groups is 1. The van der Waals surface area contributed by atoms with Gasteiger partial charge in [-0.05, 0) is 46.5 Å². The molecule has 9 nitrogen and oxygen atoms in total. The summed E-state index contributed by atoms with van der Waals surface area (Å²) < 4.78 is 7.66. The Labute approximate surface area is 193 Å². The molecular weight excluding hydrogens is 406 g/mol. The molecular formula is C23H43N7O2. The molecule has 0 aromatic carbocycles. The van der Waals surface area contributed by atoms with Crippen LogP contribution in [0.3, 0.4) is 0 Å². The van der Waals surface area contributed by atoms with Crippen LogP contribution >= 0.6 is 0 Å². The van der Waals surface area contributed by atoms with Crippen molar-refractivity contribution in [3.63, 3.8) is 0 Å². The van der Waals surface area contributed by atoms with E-state index in [-0.39, 0.29) is 6.04 Å². The van der Waals surface area contributed by atoms with E-state index >= 15 is 0 Å². The molecule has 0 saturated carbocycles. The summed E-state index contributed by atoms with van der Waals surface area (Å²) in [5.74, 6) is 2.98. The monoisotopic (exact) mass is 449 g/mol. The molecule has 1 unspecified atom stereocenters. The van der Waals surface area contributed by atoms with Crippen LogP contribution in [0.2, 0.25) is 0 Å². The minimum absolute atomic E-state index is 0.0842. The third-order valence-electron chi connectivity index (χ3n) is 5.42. The predicted octanol–water partition coefficient (Wildman–Crippen LogP) is 3.19. The summed E-state index contributed by atoms with van der Waals surface area (Å²) in [7, 11) is 1.77. The van der Waals surface area contributed by atoms with Crippen molar-refractivity contribution in [2.24, 2.45) is 4.99 Å². The second-order valence-corrected chi connectivity index (χ2v) is 9.46. The highest BCUT2D eigenvalue weighted by atomic mass is 16.6. The summed E-state index contributed by atoms with van der Waals surface area (Å²) >= 11 is 0. The van der Waals surface area contributed by atoms with Gasteiger partial charge >= 0.3 is 6.09 Å². The molecule has 0 radical (unpaired) electrons. The third-order valence-corrected chi connectivity index (χ3v) is 5.42. The Balaban J connectivity index is 1.78. The summed E-state index contributed by atoms with van der Waals surface area (Å²) in [5, 5.41) is 18.5. The van der Waals surface area contributed by atoms with Gasteiger partial charge in [-0.1, -0.05) is 26.2 Å². The van der Waals surface area contributed by atoms with E-state index in [0.29, 0.717) is 6.54 Å². The molecule has 32 heavy (non-hydrogen) atoms. The summed E-state index contributed by atoms with van der Waals surface area (Å²) in [5.41, 5.74) is -0.503. The number of nitrogens with zero attached hydrogens (tertiary/aromatic N) is 4. The van der Waals surface area contributed by atoms with E-state index in [1.807, 2.05) is 20.8 Å². The highest BCUT2D eigenvalue weighted by molar-refractivity contribution is 5.80. The Morgan fingerprint density at radius 3 is 2.72 bits per heavy atom. The van der Waals surface area contributed by atoms with Crippen molar-refractivity contribution >= 4 is 12.1 Å². The standard InChI is InChI=1S/C23H43N7O2/c1-6-7-12-18(17-26-22(31)32-23(2,3)4)27-21(24-5)25-15-11-14-20-29-28-19-13-9-8-10-16-30(19)20/h18H,6-17H2,1-5H3,(H,26,31)(H2,24,25,27). The van der Waals surface area contributed by atoms with Crippen LogP contribution in [0.5, 0.6) is 0 Å². The van der Waals surface area contributed by atoms with E-state index < -0.39 is 11.7 Å². The molecule has 1 aromatic rings. The Bertz CT molecular complexity index is 724. The highest BCUT2D eigenvalue weighted by Gasteiger charge is 2.18. The van der Waals surface area contributed by atoms with Gasteiger partial charge in [-0.3, -0.25) is 4.99 Å². The number of ether oxygens (including phenoxy) is 1. The van der Waals surface area contributed by atoms with E-state index in [9.17, 15) is 4.79 Å². The van der Waals surface area contributed by atoms with Crippen LogP contribution in [0.1, 0.15) is 84.3 Å². The SMILES string of the molecule is CCCCC(CNC(=O)OC(C)(C)C)NC(=NC)NCCCc1nnc2n1CCCCC2. The summed E-state index contributed by atoms with van der Waals surface area (Å²) in [6, 6.07) is 0.0842. The number of aromatic nitrogens is 3. The zero-order valence-electron chi connectivity index (χ0n) is 20.7. The lowest BCUT2D eigenvalue weighted by molar-refractivity contribution is 0.0522. The molecule has 0 saturated heterocycles. The second kappa shape index (κ2) is 13.3. The van der Waals surface area contributed by atoms with Gasteiger partial charge in [-0.25, -0.2) is 4.79 Å². The molecule has 0 bridgehead atoms. The Kier molecular flexibility index (Phi) is 10.8. The van der Waals surface area contributed by atoms with Crippen molar-refractivity contribution < 1.29 is 9.53 Å². The number of aryl methyl sites for hydroxylation is 2. The smallest absolute Gasteiger partial charge is 0.407 e. The molecule has 9 heteroatoms. The predicted molar refractivity (Wildman–Crippen MR) is 128 cm³/mol. The molecule has 0 spiro atoms. The molecule has 1 amide bonds. The van der Waals surface area contributed by atoms with Crippen molar-refractivity contribution in [1.82, 2.24) is 30.7 Å². The van der Waals surface area contributed by atoms with Gasteiger partial charge in [0.25, 0.3) is 0 Å². The fourth-order valence-corrected chi connectivity index (χ4v) is 3.77. The quantitative estimate of drug-likeness (QED) is 0.288. The minimum atomic E-state index is -0.503. The second-order valence-electron chi connectivity index (χ2n) is 9.46. The normalized spacial score (nSPS) is 15.5. The van der Waals surface area contributed by atoms with Crippen LogP contribution in [0.4, 0.5) is 4.79 Å². The van der Waals surface area contributed by atoms with Crippen LogP contribution < -0.4 is 16.0 Å². The molecule has 2 heterocycles. The first kappa shape index (κ1) is 25.9. The van der Waals surface area contributed by atoms with E-state index in [1.54, 1.807) is 7.05 Å². The topological polar surface area (TPSA) is 105 Å². The van der Waals surface area contributed by atoms with Crippen LogP contribution in [-0.2, 0) is 24.1 Å². The number of rotatable bonds is 10. The van der Waals surface area contributed by atoms with E-state index in [0.717, 1.165) is 69.2 Å². The summed E-state index contributed by atoms with van der Waals surface area (Å²) in [4.78, 5) is 16.4. The van der Waals surface area contributed by atoms with Crippen LogP contribution in [0, 0.1) is 0 Å². The van der Waals surface area contributed by atoms with Crippen LogP contribution in [0.15, 0.2) is 4.99 Å². The molecule has 1 aliphatic rings. The summed E-state index contributed by atoms with van der Waals surface area (Å²) in [6.07, 6.45) is 9.31. The molecule has 182 valence electrons. The largest absolute Gasteiger partial charge is 0.444 e. The van der Waals surface area contributed by atoms with E-state index in [4.69, 9.17) is 4.74 Å². The molecule has 1 atom stereocenters. The number of hydrogen-bond donors (Lipinski definition) is 3. The average molecular weight is 450 g/mol. The number of aliphatic imine (C=N–C) groups is 1. The van der Waals surface area contributed by atoms with Gasteiger partial charge in [-0.15, -0.1) is 10.2 Å². The summed E-state index contributed by atoms with van der Waals surface area (Å²) in [6.45, 7) is 10.1. The number of nitrogens with one attached hydrogen (secondary N) is 3. The number of guanidine groups is 1. The van der Waals surface area contributed by atoms with Gasteiger partial charge in [0, 0.05) is 45.6 Å². The fourth-order valence-electron chi connectivity index (χ4n) is 3.77. The van der Waals surface area contributed by atoms with Crippen molar-refractivity contribution in [2.75, 3.05) is 20.1 Å². The number of alkyl carbamates (subject to hydrolysis) is 1. The molecule has 0 fully saturated rings. The maximum absolute atomic E-state index is 12.0. The lowest BCUT2D eigenvalue weighted by atomic mass is 10.1. The van der Waals surface area contributed by atoms with Gasteiger partial charge in [0.2, 0.25) is 0 Å². The number of fused-ring (bicyclic) bond motifs is 1. The Morgan fingerprint density at radius 1 is 1.19 bits per heavy atom. The van der Waals surface area contributed by atoms with Crippen LogP contribution in [-0.4, -0.2) is 58.6 Å². The average Bonchev–Trinajstić information content (AvgIpc) is 2.96. The molecule has 1 aliphatic heterocycles. The van der Waals surface area contributed by atoms with Gasteiger partial charge in [0.05, 0.1) is 0 Å². The van der Waals surface area contributed by atoms with Gasteiger partial charge < -0.3 is 25.3 Å². The lowest BCUT2D eigenvalue weighted by Crippen LogP contribution is -2.49. The molecule has 0 aliphatic carbocycles. The zero-order chi connectivity index (χ0) is 23.4. The van der Waals surface area contributed by atoms with Crippen molar-refractivity contribution in [2.45, 2.75) is 104 Å². The third kappa shape index (κ3) is 9.44. The van der Waals surface area contributed by atoms with Crippen molar-refractivity contribution in [3.8, 4) is 0 Å². The molecule has 3 N–H and O–H groups in total. The number of hydrogen-bond acceptors (Lipinski definition) is 5. The van der Waals surface area contributed by atoms with Crippen molar-refractivity contribution in [1.29, 1.82) is 0 Å². The lowest BCUT2D eigenvalue weighted by Gasteiger charge is -2.24. The zero-order valence-corrected chi connectivity index (χ0v) is 20.7. The maximum atomic E-state index is 12.0. The first-order chi connectivity index (χ1) is 15.3. The van der Waals surface area contributed by atoms with Gasteiger partial charge in [-0.2, -0.15) is 0 Å². The van der Waals surface area contributed by atoms with Crippen LogP contribution in [0.25, 0.3) is 0 Å². The van der Waals surface area contributed by atoms with E-state index in [2.05, 4.69) is 42.6 Å². The molecule has 2 rings (SSSR count).